The number of hydrogen-bond acceptors (Lipinski definition) is 2. The van der Waals surface area contributed by atoms with Crippen LogP contribution in [0.15, 0.2) is 0 Å². The Morgan fingerprint density at radius 1 is 0.941 bits per heavy atom. The lowest BCUT2D eigenvalue weighted by Gasteiger charge is -2.40. The van der Waals surface area contributed by atoms with E-state index in [-0.39, 0.29) is 5.60 Å². The van der Waals surface area contributed by atoms with E-state index in [1.165, 1.54) is 38.5 Å². The molecule has 3 fully saturated rings. The van der Waals surface area contributed by atoms with Crippen LogP contribution >= 0.6 is 0 Å². The second-order valence-electron chi connectivity index (χ2n) is 6.35. The van der Waals surface area contributed by atoms with E-state index < -0.39 is 0 Å². The van der Waals surface area contributed by atoms with E-state index in [4.69, 9.17) is 4.74 Å². The standard InChI is InChI=1S/C15H24O2/c16-14-4-2-12(3-5-14)13-6-9-15(10-7-13)8-1-11-17-15/h12-13H,1-11H2. The van der Waals surface area contributed by atoms with Crippen LogP contribution in [0.4, 0.5) is 0 Å². The maximum absolute atomic E-state index is 11.3. The first-order valence-electron chi connectivity index (χ1n) is 7.43. The SMILES string of the molecule is O=C1CCC(C2CCC3(CCCO3)CC2)CC1. The zero-order valence-corrected chi connectivity index (χ0v) is 10.7. The normalized spacial score (nSPS) is 40.0. The summed E-state index contributed by atoms with van der Waals surface area (Å²) in [5.41, 5.74) is 0.279. The topological polar surface area (TPSA) is 26.3 Å². The lowest BCUT2D eigenvalue weighted by atomic mass is 9.69. The summed E-state index contributed by atoms with van der Waals surface area (Å²) in [7, 11) is 0. The predicted octanol–water partition coefficient (Wildman–Crippen LogP) is 3.49. The van der Waals surface area contributed by atoms with Gasteiger partial charge in [0.05, 0.1) is 5.60 Å². The number of rotatable bonds is 1. The molecule has 0 aromatic heterocycles. The van der Waals surface area contributed by atoms with Gasteiger partial charge in [-0.05, 0) is 63.2 Å². The van der Waals surface area contributed by atoms with Crippen LogP contribution in [0, 0.1) is 11.8 Å². The minimum atomic E-state index is 0.279. The number of Topliss-reactive ketones (excluding diaryl/α,β-unsaturated/α-hetero) is 1. The third kappa shape index (κ3) is 2.42. The molecule has 0 radical (unpaired) electrons. The molecule has 96 valence electrons. The highest BCUT2D eigenvalue weighted by atomic mass is 16.5. The van der Waals surface area contributed by atoms with Crippen LogP contribution in [0.2, 0.25) is 0 Å². The summed E-state index contributed by atoms with van der Waals surface area (Å²) in [5.74, 6) is 2.22. The van der Waals surface area contributed by atoms with E-state index in [1.54, 1.807) is 0 Å². The van der Waals surface area contributed by atoms with Crippen molar-refractivity contribution in [2.24, 2.45) is 11.8 Å². The Hall–Kier alpha value is -0.370. The van der Waals surface area contributed by atoms with Crippen LogP contribution in [0.1, 0.15) is 64.2 Å². The monoisotopic (exact) mass is 236 g/mol. The highest BCUT2D eigenvalue weighted by Crippen LogP contribution is 2.45. The fourth-order valence-corrected chi connectivity index (χ4v) is 4.22. The number of ether oxygens (including phenoxy) is 1. The molecule has 1 heterocycles. The Kier molecular flexibility index (Phi) is 3.25. The summed E-state index contributed by atoms with van der Waals surface area (Å²) in [6.45, 7) is 0.989. The summed E-state index contributed by atoms with van der Waals surface area (Å²) < 4.78 is 5.98. The van der Waals surface area contributed by atoms with Crippen LogP contribution < -0.4 is 0 Å². The van der Waals surface area contributed by atoms with Crippen molar-refractivity contribution in [3.63, 3.8) is 0 Å². The minimum Gasteiger partial charge on any atom is -0.375 e. The van der Waals surface area contributed by atoms with Gasteiger partial charge < -0.3 is 4.74 Å². The van der Waals surface area contributed by atoms with Crippen molar-refractivity contribution < 1.29 is 9.53 Å². The molecule has 2 heteroatoms. The molecule has 0 aromatic rings. The Morgan fingerprint density at radius 2 is 1.59 bits per heavy atom. The summed E-state index contributed by atoms with van der Waals surface area (Å²) >= 11 is 0. The quantitative estimate of drug-likeness (QED) is 0.696. The molecule has 0 N–H and O–H groups in total. The van der Waals surface area contributed by atoms with E-state index in [0.717, 1.165) is 44.1 Å². The van der Waals surface area contributed by atoms with E-state index in [0.29, 0.717) is 5.78 Å². The molecule has 2 nitrogen and oxygen atoms in total. The van der Waals surface area contributed by atoms with Crippen LogP contribution in [0.5, 0.6) is 0 Å². The van der Waals surface area contributed by atoms with Crippen molar-refractivity contribution in [3.8, 4) is 0 Å². The van der Waals surface area contributed by atoms with Gasteiger partial charge in [0, 0.05) is 19.4 Å². The molecule has 1 saturated heterocycles. The zero-order valence-electron chi connectivity index (χ0n) is 10.7. The fourth-order valence-electron chi connectivity index (χ4n) is 4.22. The molecule has 2 saturated carbocycles. The molecule has 0 atom stereocenters. The third-order valence-corrected chi connectivity index (χ3v) is 5.38. The summed E-state index contributed by atoms with van der Waals surface area (Å²) in [4.78, 5) is 11.3. The molecule has 17 heavy (non-hydrogen) atoms. The molecule has 0 amide bonds. The molecule has 0 bridgehead atoms. The van der Waals surface area contributed by atoms with E-state index in [1.807, 2.05) is 0 Å². The number of carbonyl (C=O) groups excluding carboxylic acids is 1. The average Bonchev–Trinajstić information content (AvgIpc) is 2.80. The summed E-state index contributed by atoms with van der Waals surface area (Å²) in [6.07, 6.45) is 11.8. The molecule has 3 rings (SSSR count). The zero-order chi connectivity index (χ0) is 11.7. The lowest BCUT2D eigenvalue weighted by molar-refractivity contribution is -0.121. The van der Waals surface area contributed by atoms with E-state index >= 15 is 0 Å². The molecule has 1 aliphatic heterocycles. The molecular formula is C15H24O2. The maximum atomic E-state index is 11.3. The fraction of sp³-hybridized carbons (Fsp3) is 0.933. The van der Waals surface area contributed by atoms with Gasteiger partial charge in [0.15, 0.2) is 0 Å². The Morgan fingerprint density at radius 3 is 2.18 bits per heavy atom. The molecular weight excluding hydrogens is 212 g/mol. The van der Waals surface area contributed by atoms with Gasteiger partial charge in [-0.15, -0.1) is 0 Å². The van der Waals surface area contributed by atoms with Crippen molar-refractivity contribution in [2.45, 2.75) is 69.8 Å². The molecule has 1 spiro atoms. The van der Waals surface area contributed by atoms with Crippen molar-refractivity contribution in [2.75, 3.05) is 6.61 Å². The smallest absolute Gasteiger partial charge is 0.132 e. The average molecular weight is 236 g/mol. The number of hydrogen-bond donors (Lipinski definition) is 0. The summed E-state index contributed by atoms with van der Waals surface area (Å²) in [5, 5.41) is 0. The van der Waals surface area contributed by atoms with Crippen LogP contribution in [0.3, 0.4) is 0 Å². The second-order valence-corrected chi connectivity index (χ2v) is 6.35. The number of carbonyl (C=O) groups is 1. The molecule has 0 unspecified atom stereocenters. The maximum Gasteiger partial charge on any atom is 0.132 e. The Balaban J connectivity index is 1.52. The van der Waals surface area contributed by atoms with Crippen molar-refractivity contribution in [1.29, 1.82) is 0 Å². The summed E-state index contributed by atoms with van der Waals surface area (Å²) in [6, 6.07) is 0. The molecule has 3 aliphatic rings. The first kappa shape index (κ1) is 11.7. The predicted molar refractivity (Wildman–Crippen MR) is 66.8 cm³/mol. The first-order chi connectivity index (χ1) is 8.27. The molecule has 0 aromatic carbocycles. The number of ketones is 1. The van der Waals surface area contributed by atoms with Gasteiger partial charge in [-0.3, -0.25) is 4.79 Å². The van der Waals surface area contributed by atoms with Gasteiger partial charge in [-0.1, -0.05) is 0 Å². The first-order valence-corrected chi connectivity index (χ1v) is 7.43. The minimum absolute atomic E-state index is 0.279. The van der Waals surface area contributed by atoms with Gasteiger partial charge in [-0.25, -0.2) is 0 Å². The Bertz CT molecular complexity index is 271. The van der Waals surface area contributed by atoms with Crippen LogP contribution in [-0.2, 0) is 9.53 Å². The van der Waals surface area contributed by atoms with Gasteiger partial charge in [-0.2, -0.15) is 0 Å². The second kappa shape index (κ2) is 4.72. The van der Waals surface area contributed by atoms with Crippen LogP contribution in [-0.4, -0.2) is 18.0 Å². The van der Waals surface area contributed by atoms with Crippen molar-refractivity contribution in [1.82, 2.24) is 0 Å². The third-order valence-electron chi connectivity index (χ3n) is 5.38. The van der Waals surface area contributed by atoms with Gasteiger partial charge >= 0.3 is 0 Å². The van der Waals surface area contributed by atoms with E-state index in [2.05, 4.69) is 0 Å². The Labute approximate surface area is 104 Å². The van der Waals surface area contributed by atoms with Gasteiger partial charge in [0.25, 0.3) is 0 Å². The van der Waals surface area contributed by atoms with Crippen molar-refractivity contribution in [3.05, 3.63) is 0 Å². The highest BCUT2D eigenvalue weighted by Gasteiger charge is 2.40. The van der Waals surface area contributed by atoms with Gasteiger partial charge in [0.2, 0.25) is 0 Å². The lowest BCUT2D eigenvalue weighted by Crippen LogP contribution is -2.36. The van der Waals surface area contributed by atoms with E-state index in [9.17, 15) is 4.79 Å². The van der Waals surface area contributed by atoms with Gasteiger partial charge in [0.1, 0.15) is 5.78 Å². The largest absolute Gasteiger partial charge is 0.375 e. The highest BCUT2D eigenvalue weighted by molar-refractivity contribution is 5.79. The van der Waals surface area contributed by atoms with Crippen LogP contribution in [0.25, 0.3) is 0 Å². The molecule has 2 aliphatic carbocycles. The van der Waals surface area contributed by atoms with Crippen molar-refractivity contribution >= 4 is 5.78 Å².